The number of hydrogen-bond acceptors (Lipinski definition) is 3. The molecule has 1 fully saturated rings. The average molecular weight is 322 g/mol. The Kier molecular flexibility index (Phi) is 6.52. The van der Waals surface area contributed by atoms with Crippen molar-refractivity contribution in [1.82, 2.24) is 10.6 Å². The molecule has 1 atom stereocenters. The van der Waals surface area contributed by atoms with E-state index in [0.717, 1.165) is 12.8 Å². The quantitative estimate of drug-likeness (QED) is 0.784. The first kappa shape index (κ1) is 17.4. The van der Waals surface area contributed by atoms with E-state index in [1.54, 1.807) is 6.07 Å². The molecule has 1 heterocycles. The summed E-state index contributed by atoms with van der Waals surface area (Å²) < 4.78 is 18.7. The minimum atomic E-state index is -0.554. The van der Waals surface area contributed by atoms with Crippen molar-refractivity contribution >= 4 is 11.8 Å². The maximum atomic E-state index is 13.4. The van der Waals surface area contributed by atoms with Crippen LogP contribution in [0.2, 0.25) is 0 Å². The number of amides is 2. The van der Waals surface area contributed by atoms with Gasteiger partial charge in [0.2, 0.25) is 5.91 Å². The molecular weight excluding hydrogens is 299 g/mol. The molecule has 0 aromatic heterocycles. The Labute approximate surface area is 135 Å². The molecule has 0 bridgehead atoms. The van der Waals surface area contributed by atoms with Gasteiger partial charge in [-0.2, -0.15) is 0 Å². The number of rotatable bonds is 6. The highest BCUT2D eigenvalue weighted by Gasteiger charge is 2.25. The van der Waals surface area contributed by atoms with E-state index in [0.29, 0.717) is 25.7 Å². The van der Waals surface area contributed by atoms with Crippen molar-refractivity contribution in [3.05, 3.63) is 35.6 Å². The molecule has 2 rings (SSSR count). The van der Waals surface area contributed by atoms with E-state index < -0.39 is 11.7 Å². The highest BCUT2D eigenvalue weighted by atomic mass is 19.1. The fourth-order valence-electron chi connectivity index (χ4n) is 2.69. The van der Waals surface area contributed by atoms with Crippen molar-refractivity contribution in [3.8, 4) is 0 Å². The molecule has 6 heteroatoms. The van der Waals surface area contributed by atoms with Gasteiger partial charge in [0.25, 0.3) is 5.91 Å². The summed E-state index contributed by atoms with van der Waals surface area (Å²) in [4.78, 5) is 23.9. The van der Waals surface area contributed by atoms with Gasteiger partial charge in [-0.05, 0) is 30.9 Å². The summed E-state index contributed by atoms with van der Waals surface area (Å²) in [6.07, 6.45) is 1.80. The highest BCUT2D eigenvalue weighted by Crippen LogP contribution is 2.23. The molecule has 2 N–H and O–H groups in total. The largest absolute Gasteiger partial charge is 0.381 e. The molecule has 23 heavy (non-hydrogen) atoms. The molecule has 1 aliphatic rings. The van der Waals surface area contributed by atoms with Crippen LogP contribution in [0.4, 0.5) is 4.39 Å². The summed E-state index contributed by atoms with van der Waals surface area (Å²) in [5.41, 5.74) is 0.00870. The zero-order valence-electron chi connectivity index (χ0n) is 13.3. The normalized spacial score (nSPS) is 16.6. The number of hydrogen-bond donors (Lipinski definition) is 2. The predicted molar refractivity (Wildman–Crippen MR) is 84.4 cm³/mol. The van der Waals surface area contributed by atoms with Crippen molar-refractivity contribution in [2.45, 2.75) is 19.8 Å². The zero-order valence-corrected chi connectivity index (χ0v) is 13.3. The summed E-state index contributed by atoms with van der Waals surface area (Å²) in [6, 6.07) is 5.81. The van der Waals surface area contributed by atoms with Gasteiger partial charge in [0.15, 0.2) is 0 Å². The maximum Gasteiger partial charge on any atom is 0.254 e. The lowest BCUT2D eigenvalue weighted by Gasteiger charge is -2.26. The molecule has 1 aromatic carbocycles. The van der Waals surface area contributed by atoms with Crippen LogP contribution in [0.25, 0.3) is 0 Å². The molecule has 2 amide bonds. The van der Waals surface area contributed by atoms with Crippen LogP contribution in [-0.2, 0) is 9.53 Å². The van der Waals surface area contributed by atoms with Crippen LogP contribution in [0.1, 0.15) is 30.1 Å². The minimum Gasteiger partial charge on any atom is -0.381 e. The molecule has 0 radical (unpaired) electrons. The topological polar surface area (TPSA) is 67.4 Å². The SMILES string of the molecule is C[C@@H](C(=O)NCCNC(=O)c1ccccc1F)C1CCOCC1. The van der Waals surface area contributed by atoms with Gasteiger partial charge in [0.1, 0.15) is 5.82 Å². The van der Waals surface area contributed by atoms with Gasteiger partial charge in [-0.1, -0.05) is 19.1 Å². The van der Waals surface area contributed by atoms with Crippen molar-refractivity contribution in [2.24, 2.45) is 11.8 Å². The van der Waals surface area contributed by atoms with E-state index in [9.17, 15) is 14.0 Å². The van der Waals surface area contributed by atoms with Gasteiger partial charge in [0.05, 0.1) is 5.56 Å². The van der Waals surface area contributed by atoms with Gasteiger partial charge in [-0.3, -0.25) is 9.59 Å². The van der Waals surface area contributed by atoms with Crippen LogP contribution in [-0.4, -0.2) is 38.1 Å². The van der Waals surface area contributed by atoms with Gasteiger partial charge >= 0.3 is 0 Å². The average Bonchev–Trinajstić information content (AvgIpc) is 2.58. The summed E-state index contributed by atoms with van der Waals surface area (Å²) in [5, 5.41) is 5.41. The first-order chi connectivity index (χ1) is 11.1. The fourth-order valence-corrected chi connectivity index (χ4v) is 2.69. The van der Waals surface area contributed by atoms with Crippen LogP contribution in [0, 0.1) is 17.7 Å². The number of ether oxygens (including phenoxy) is 1. The van der Waals surface area contributed by atoms with E-state index in [4.69, 9.17) is 4.74 Å². The van der Waals surface area contributed by atoms with Crippen molar-refractivity contribution < 1.29 is 18.7 Å². The van der Waals surface area contributed by atoms with Gasteiger partial charge in [0, 0.05) is 32.2 Å². The van der Waals surface area contributed by atoms with Crippen molar-refractivity contribution in [3.63, 3.8) is 0 Å². The monoisotopic (exact) mass is 322 g/mol. The fraction of sp³-hybridized carbons (Fsp3) is 0.529. The van der Waals surface area contributed by atoms with Gasteiger partial charge in [-0.25, -0.2) is 4.39 Å². The number of benzene rings is 1. The van der Waals surface area contributed by atoms with Crippen LogP contribution in [0.5, 0.6) is 0 Å². The molecule has 126 valence electrons. The second kappa shape index (κ2) is 8.62. The van der Waals surface area contributed by atoms with Crippen LogP contribution >= 0.6 is 0 Å². The standard InChI is InChI=1S/C17H23FN2O3/c1-12(13-6-10-23-11-7-13)16(21)19-8-9-20-17(22)14-4-2-3-5-15(14)18/h2-5,12-13H,6-11H2,1H3,(H,19,21)(H,20,22)/t12-/m1/s1. The zero-order chi connectivity index (χ0) is 16.7. The predicted octanol–water partition coefficient (Wildman–Crippen LogP) is 1.73. The lowest BCUT2D eigenvalue weighted by molar-refractivity contribution is -0.127. The summed E-state index contributed by atoms with van der Waals surface area (Å²) >= 11 is 0. The second-order valence-electron chi connectivity index (χ2n) is 5.77. The number of halogens is 1. The van der Waals surface area contributed by atoms with Gasteiger partial charge in [-0.15, -0.1) is 0 Å². The summed E-state index contributed by atoms with van der Waals surface area (Å²) in [7, 11) is 0. The first-order valence-corrected chi connectivity index (χ1v) is 7.97. The Morgan fingerprint density at radius 3 is 2.57 bits per heavy atom. The lowest BCUT2D eigenvalue weighted by Crippen LogP contribution is -2.39. The molecule has 1 aromatic rings. The Balaban J connectivity index is 1.69. The molecular formula is C17H23FN2O3. The van der Waals surface area contributed by atoms with Crippen molar-refractivity contribution in [2.75, 3.05) is 26.3 Å². The Hall–Kier alpha value is -1.95. The molecule has 0 unspecified atom stereocenters. The third-order valence-corrected chi connectivity index (χ3v) is 4.21. The lowest BCUT2D eigenvalue weighted by atomic mass is 9.87. The highest BCUT2D eigenvalue weighted by molar-refractivity contribution is 5.94. The van der Waals surface area contributed by atoms with E-state index in [2.05, 4.69) is 10.6 Å². The van der Waals surface area contributed by atoms with E-state index in [-0.39, 0.29) is 23.9 Å². The molecule has 0 aliphatic carbocycles. The molecule has 5 nitrogen and oxygen atoms in total. The number of nitrogens with one attached hydrogen (secondary N) is 2. The number of carbonyl (C=O) groups excluding carboxylic acids is 2. The van der Waals surface area contributed by atoms with Crippen LogP contribution in [0.15, 0.2) is 24.3 Å². The van der Waals surface area contributed by atoms with E-state index in [1.807, 2.05) is 6.92 Å². The minimum absolute atomic E-state index is 0.00870. The smallest absolute Gasteiger partial charge is 0.254 e. The second-order valence-corrected chi connectivity index (χ2v) is 5.77. The first-order valence-electron chi connectivity index (χ1n) is 7.97. The summed E-state index contributed by atoms with van der Waals surface area (Å²) in [6.45, 7) is 3.93. The van der Waals surface area contributed by atoms with Crippen LogP contribution in [0.3, 0.4) is 0 Å². The molecule has 0 saturated carbocycles. The number of carbonyl (C=O) groups is 2. The third-order valence-electron chi connectivity index (χ3n) is 4.21. The van der Waals surface area contributed by atoms with Crippen molar-refractivity contribution in [1.29, 1.82) is 0 Å². The van der Waals surface area contributed by atoms with E-state index >= 15 is 0 Å². The Morgan fingerprint density at radius 1 is 1.22 bits per heavy atom. The maximum absolute atomic E-state index is 13.4. The molecule has 0 spiro atoms. The Morgan fingerprint density at radius 2 is 1.87 bits per heavy atom. The van der Waals surface area contributed by atoms with E-state index in [1.165, 1.54) is 18.2 Å². The third kappa shape index (κ3) is 5.03. The molecule has 1 saturated heterocycles. The summed E-state index contributed by atoms with van der Waals surface area (Å²) in [5.74, 6) is -0.771. The Bertz CT molecular complexity index is 544. The molecule has 1 aliphatic heterocycles. The van der Waals surface area contributed by atoms with Crippen LogP contribution < -0.4 is 10.6 Å². The van der Waals surface area contributed by atoms with Gasteiger partial charge < -0.3 is 15.4 Å².